The number of carbonyl (C=O) groups is 4. The summed E-state index contributed by atoms with van der Waals surface area (Å²) in [5, 5.41) is 5.52. The number of unbranched alkanes of at least 4 members (excludes halogenated alkanes) is 5. The summed E-state index contributed by atoms with van der Waals surface area (Å²) in [6, 6.07) is 0. The van der Waals surface area contributed by atoms with Gasteiger partial charge in [0.1, 0.15) is 11.1 Å². The Bertz CT molecular complexity index is 927. The Morgan fingerprint density at radius 3 is 1.38 bits per heavy atom. The fraction of sp³-hybridized carbons (Fsp3) is 0.500. The van der Waals surface area contributed by atoms with Gasteiger partial charge in [-0.15, -0.1) is 0 Å². The maximum atomic E-state index is 12.2. The summed E-state index contributed by atoms with van der Waals surface area (Å²) in [5.74, 6) is -1.27. The van der Waals surface area contributed by atoms with Crippen molar-refractivity contribution in [1.82, 2.24) is 9.97 Å². The number of ether oxygens (including phenoxy) is 2. The number of amides is 2. The zero-order valence-electron chi connectivity index (χ0n) is 20.3. The van der Waals surface area contributed by atoms with Crippen molar-refractivity contribution in [3.63, 3.8) is 0 Å². The quantitative estimate of drug-likeness (QED) is 0.253. The topological polar surface area (TPSA) is 142 Å². The van der Waals surface area contributed by atoms with Crippen LogP contribution in [0.5, 0.6) is 0 Å². The van der Waals surface area contributed by atoms with Gasteiger partial charge in [-0.1, -0.05) is 25.7 Å². The largest absolute Gasteiger partial charge is 0.465 e. The van der Waals surface area contributed by atoms with Crippen molar-refractivity contribution in [2.24, 2.45) is 0 Å². The van der Waals surface area contributed by atoms with Crippen LogP contribution in [0, 0.1) is 13.8 Å². The highest BCUT2D eigenvalue weighted by Crippen LogP contribution is 2.22. The molecule has 10 heteroatoms. The summed E-state index contributed by atoms with van der Waals surface area (Å²) >= 11 is 0. The fourth-order valence-electron chi connectivity index (χ4n) is 3.68. The van der Waals surface area contributed by atoms with Gasteiger partial charge in [-0.25, -0.2) is 9.59 Å². The zero-order valence-corrected chi connectivity index (χ0v) is 20.3. The monoisotopic (exact) mass is 474 g/mol. The van der Waals surface area contributed by atoms with E-state index in [2.05, 4.69) is 20.6 Å². The molecule has 34 heavy (non-hydrogen) atoms. The summed E-state index contributed by atoms with van der Waals surface area (Å²) in [6.45, 7) is 3.48. The Labute approximate surface area is 199 Å². The SMILES string of the molecule is COC(=O)c1c(NC(=O)CCCCCCCCC(=O)Nc2c[nH]c(C)c2C(=O)OC)c[nH]c1C. The zero-order chi connectivity index (χ0) is 25.1. The van der Waals surface area contributed by atoms with Crippen LogP contribution in [0.25, 0.3) is 0 Å². The minimum absolute atomic E-state index is 0.146. The summed E-state index contributed by atoms with van der Waals surface area (Å²) in [6.07, 6.45) is 9.13. The van der Waals surface area contributed by atoms with Gasteiger partial charge in [0, 0.05) is 36.6 Å². The third kappa shape index (κ3) is 7.50. The van der Waals surface area contributed by atoms with Gasteiger partial charge in [0.25, 0.3) is 0 Å². The third-order valence-corrected chi connectivity index (χ3v) is 5.54. The molecule has 0 aliphatic heterocycles. The van der Waals surface area contributed by atoms with E-state index in [9.17, 15) is 19.2 Å². The maximum Gasteiger partial charge on any atom is 0.341 e. The number of esters is 2. The lowest BCUT2D eigenvalue weighted by atomic mass is 10.1. The van der Waals surface area contributed by atoms with E-state index in [1.54, 1.807) is 26.2 Å². The Morgan fingerprint density at radius 2 is 1.03 bits per heavy atom. The van der Waals surface area contributed by atoms with E-state index in [0.717, 1.165) is 38.5 Å². The second-order valence-electron chi connectivity index (χ2n) is 8.11. The molecule has 0 saturated carbocycles. The first-order chi connectivity index (χ1) is 16.3. The van der Waals surface area contributed by atoms with E-state index >= 15 is 0 Å². The van der Waals surface area contributed by atoms with Crippen LogP contribution in [0.4, 0.5) is 11.4 Å². The summed E-state index contributed by atoms with van der Waals surface area (Å²) in [4.78, 5) is 53.9. The minimum atomic E-state index is -0.491. The van der Waals surface area contributed by atoms with Crippen LogP contribution in [0.1, 0.15) is 83.5 Å². The average molecular weight is 475 g/mol. The number of aryl methyl sites for hydroxylation is 2. The van der Waals surface area contributed by atoms with Gasteiger partial charge in [0.15, 0.2) is 0 Å². The van der Waals surface area contributed by atoms with Gasteiger partial charge in [-0.2, -0.15) is 0 Å². The molecule has 0 aliphatic rings. The maximum absolute atomic E-state index is 12.2. The molecule has 4 N–H and O–H groups in total. The predicted octanol–water partition coefficient (Wildman–Crippen LogP) is 4.23. The van der Waals surface area contributed by atoms with Gasteiger partial charge in [0.2, 0.25) is 11.8 Å². The first-order valence-electron chi connectivity index (χ1n) is 11.4. The van der Waals surface area contributed by atoms with E-state index in [1.807, 2.05) is 0 Å². The number of hydrogen-bond donors (Lipinski definition) is 4. The van der Waals surface area contributed by atoms with Crippen molar-refractivity contribution in [1.29, 1.82) is 0 Å². The number of aromatic nitrogens is 2. The lowest BCUT2D eigenvalue weighted by Gasteiger charge is -2.07. The molecule has 0 fully saturated rings. The highest BCUT2D eigenvalue weighted by molar-refractivity contribution is 6.03. The lowest BCUT2D eigenvalue weighted by molar-refractivity contribution is -0.117. The van der Waals surface area contributed by atoms with Gasteiger partial charge in [-0.05, 0) is 26.7 Å². The molecule has 2 amide bonds. The predicted molar refractivity (Wildman–Crippen MR) is 128 cm³/mol. The van der Waals surface area contributed by atoms with Crippen LogP contribution in [-0.2, 0) is 19.1 Å². The Morgan fingerprint density at radius 1 is 0.676 bits per heavy atom. The average Bonchev–Trinajstić information content (AvgIpc) is 3.36. The summed E-state index contributed by atoms with van der Waals surface area (Å²) in [5.41, 5.74) is 2.83. The van der Waals surface area contributed by atoms with E-state index < -0.39 is 11.9 Å². The Balaban J connectivity index is 1.59. The van der Waals surface area contributed by atoms with Gasteiger partial charge in [-0.3, -0.25) is 9.59 Å². The molecule has 2 rings (SSSR count). The highest BCUT2D eigenvalue weighted by atomic mass is 16.5. The van der Waals surface area contributed by atoms with Crippen molar-refractivity contribution in [2.75, 3.05) is 24.9 Å². The number of rotatable bonds is 13. The molecule has 2 aromatic rings. The van der Waals surface area contributed by atoms with E-state index in [1.165, 1.54) is 14.2 Å². The first-order valence-corrected chi connectivity index (χ1v) is 11.4. The molecule has 0 bridgehead atoms. The molecular weight excluding hydrogens is 440 g/mol. The van der Waals surface area contributed by atoms with Crippen LogP contribution in [0.15, 0.2) is 12.4 Å². The van der Waals surface area contributed by atoms with E-state index in [4.69, 9.17) is 9.47 Å². The standard InChI is InChI=1S/C24H34N4O6/c1-15-21(23(31)33-3)17(13-25-15)27-19(29)11-9-7-5-6-8-10-12-20(30)28-18-14-26-16(2)22(18)24(32)34-4/h13-14,25-26H,5-12H2,1-4H3,(H,27,29)(H,28,30). The number of aromatic amines is 2. The van der Waals surface area contributed by atoms with E-state index in [0.29, 0.717) is 46.7 Å². The van der Waals surface area contributed by atoms with Crippen molar-refractivity contribution in [3.8, 4) is 0 Å². The Hall–Kier alpha value is -3.56. The Kier molecular flexibility index (Phi) is 10.4. The fourth-order valence-corrected chi connectivity index (χ4v) is 3.68. The van der Waals surface area contributed by atoms with Crippen LogP contribution in [-0.4, -0.2) is 47.9 Å². The van der Waals surface area contributed by atoms with Crippen molar-refractivity contribution in [2.45, 2.75) is 65.2 Å². The van der Waals surface area contributed by atoms with Gasteiger partial charge < -0.3 is 30.1 Å². The van der Waals surface area contributed by atoms with Gasteiger partial charge in [0.05, 0.1) is 25.6 Å². The number of H-pyrrole nitrogens is 2. The molecule has 0 aromatic carbocycles. The second-order valence-corrected chi connectivity index (χ2v) is 8.11. The smallest absolute Gasteiger partial charge is 0.341 e. The molecule has 0 spiro atoms. The number of anilines is 2. The molecule has 0 atom stereocenters. The number of hydrogen-bond acceptors (Lipinski definition) is 6. The first kappa shape index (κ1) is 26.7. The lowest BCUT2D eigenvalue weighted by Crippen LogP contribution is -2.14. The van der Waals surface area contributed by atoms with Crippen LogP contribution >= 0.6 is 0 Å². The normalized spacial score (nSPS) is 10.6. The number of nitrogens with one attached hydrogen (secondary N) is 4. The third-order valence-electron chi connectivity index (χ3n) is 5.54. The number of methoxy groups -OCH3 is 2. The molecule has 2 aromatic heterocycles. The van der Waals surface area contributed by atoms with Crippen LogP contribution in [0.3, 0.4) is 0 Å². The molecular formula is C24H34N4O6. The van der Waals surface area contributed by atoms with Crippen LogP contribution in [0.2, 0.25) is 0 Å². The summed E-state index contributed by atoms with van der Waals surface area (Å²) in [7, 11) is 2.60. The molecule has 0 unspecified atom stereocenters. The van der Waals surface area contributed by atoms with Crippen LogP contribution < -0.4 is 10.6 Å². The van der Waals surface area contributed by atoms with Crippen molar-refractivity contribution >= 4 is 35.1 Å². The van der Waals surface area contributed by atoms with Gasteiger partial charge >= 0.3 is 11.9 Å². The van der Waals surface area contributed by atoms with Crippen molar-refractivity contribution < 1.29 is 28.7 Å². The van der Waals surface area contributed by atoms with Crippen molar-refractivity contribution in [3.05, 3.63) is 34.9 Å². The molecule has 0 aliphatic carbocycles. The molecule has 2 heterocycles. The molecule has 0 radical (unpaired) electrons. The molecule has 186 valence electrons. The minimum Gasteiger partial charge on any atom is -0.465 e. The van der Waals surface area contributed by atoms with E-state index in [-0.39, 0.29) is 11.8 Å². The molecule has 10 nitrogen and oxygen atoms in total. The summed E-state index contributed by atoms with van der Waals surface area (Å²) < 4.78 is 9.50. The second kappa shape index (κ2) is 13.2. The molecule has 0 saturated heterocycles. The highest BCUT2D eigenvalue weighted by Gasteiger charge is 2.19. The number of carbonyl (C=O) groups excluding carboxylic acids is 4.